The Hall–Kier alpha value is -2.59. The Labute approximate surface area is 159 Å². The molecule has 0 bridgehead atoms. The fourth-order valence-electron chi connectivity index (χ4n) is 2.79. The van der Waals surface area contributed by atoms with Crippen LogP contribution in [0.3, 0.4) is 0 Å². The predicted octanol–water partition coefficient (Wildman–Crippen LogP) is 3.32. The van der Waals surface area contributed by atoms with Crippen molar-refractivity contribution in [2.75, 3.05) is 20.2 Å². The van der Waals surface area contributed by atoms with Gasteiger partial charge in [-0.05, 0) is 44.9 Å². The summed E-state index contributed by atoms with van der Waals surface area (Å²) < 4.78 is 16.5. The highest BCUT2D eigenvalue weighted by Crippen LogP contribution is 2.23. The van der Waals surface area contributed by atoms with Crippen LogP contribution in [0.1, 0.15) is 49.5 Å². The molecule has 1 saturated heterocycles. The van der Waals surface area contributed by atoms with Crippen molar-refractivity contribution in [3.8, 4) is 11.8 Å². The monoisotopic (exact) mass is 374 g/mol. The normalized spacial score (nSPS) is 16.7. The van der Waals surface area contributed by atoms with Crippen LogP contribution in [0, 0.1) is 11.3 Å². The van der Waals surface area contributed by atoms with Crippen molar-refractivity contribution in [3.05, 3.63) is 29.3 Å². The quantitative estimate of drug-likeness (QED) is 0.710. The minimum absolute atomic E-state index is 0.0663. The highest BCUT2D eigenvalue weighted by atomic mass is 16.6. The molecule has 1 heterocycles. The van der Waals surface area contributed by atoms with Gasteiger partial charge < -0.3 is 19.1 Å². The van der Waals surface area contributed by atoms with Crippen LogP contribution >= 0.6 is 0 Å². The first kappa shape index (κ1) is 20.7. The first-order chi connectivity index (χ1) is 12.7. The lowest BCUT2D eigenvalue weighted by Crippen LogP contribution is -2.36. The minimum atomic E-state index is -0.517. The number of rotatable bonds is 6. The largest absolute Gasteiger partial charge is 0.496 e. The van der Waals surface area contributed by atoms with Gasteiger partial charge in [-0.1, -0.05) is 6.07 Å². The minimum Gasteiger partial charge on any atom is -0.496 e. The van der Waals surface area contributed by atoms with Crippen molar-refractivity contribution in [3.63, 3.8) is 0 Å². The van der Waals surface area contributed by atoms with Crippen LogP contribution in [0.25, 0.3) is 0 Å². The van der Waals surface area contributed by atoms with Crippen LogP contribution in [-0.2, 0) is 16.1 Å². The Morgan fingerprint density at radius 3 is 2.70 bits per heavy atom. The molecule has 1 aromatic rings. The zero-order chi connectivity index (χ0) is 20.0. The van der Waals surface area contributed by atoms with Crippen molar-refractivity contribution in [2.45, 2.75) is 51.9 Å². The fraction of sp³-hybridized carbons (Fsp3) is 0.550. The maximum atomic E-state index is 12.1. The SMILES string of the molecule is COc1cc(COC2CCN(C(=O)OC(C)(C)C)C2)ccc1C(=O)CC#N. The van der Waals surface area contributed by atoms with Gasteiger partial charge >= 0.3 is 6.09 Å². The summed E-state index contributed by atoms with van der Waals surface area (Å²) in [6.07, 6.45) is 0.170. The summed E-state index contributed by atoms with van der Waals surface area (Å²) >= 11 is 0. The highest BCUT2D eigenvalue weighted by Gasteiger charge is 2.30. The molecule has 1 unspecified atom stereocenters. The summed E-state index contributed by atoms with van der Waals surface area (Å²) in [4.78, 5) is 25.7. The Bertz CT molecular complexity index is 733. The fourth-order valence-corrected chi connectivity index (χ4v) is 2.79. The number of methoxy groups -OCH3 is 1. The number of nitriles is 1. The van der Waals surface area contributed by atoms with E-state index in [9.17, 15) is 9.59 Å². The second-order valence-electron chi connectivity index (χ2n) is 7.44. The Balaban J connectivity index is 1.91. The molecule has 1 atom stereocenters. The molecule has 1 amide bonds. The number of nitrogens with zero attached hydrogens (tertiary/aromatic N) is 2. The molecule has 0 spiro atoms. The lowest BCUT2D eigenvalue weighted by Gasteiger charge is -2.24. The molecule has 2 rings (SSSR count). The number of carbonyl (C=O) groups is 2. The number of ether oxygens (including phenoxy) is 3. The van der Waals surface area contributed by atoms with Crippen LogP contribution in [0.4, 0.5) is 4.79 Å². The summed E-state index contributed by atoms with van der Waals surface area (Å²) in [5.74, 6) is 0.156. The second kappa shape index (κ2) is 8.87. The number of hydrogen-bond acceptors (Lipinski definition) is 6. The molecule has 0 N–H and O–H groups in total. The van der Waals surface area contributed by atoms with Crippen molar-refractivity contribution >= 4 is 11.9 Å². The van der Waals surface area contributed by atoms with E-state index in [1.807, 2.05) is 26.8 Å². The first-order valence-electron chi connectivity index (χ1n) is 8.90. The van der Waals surface area contributed by atoms with Crippen LogP contribution < -0.4 is 4.74 Å². The zero-order valence-electron chi connectivity index (χ0n) is 16.3. The summed E-state index contributed by atoms with van der Waals surface area (Å²) in [5, 5.41) is 8.68. The number of Topliss-reactive ketones (excluding diaryl/α,β-unsaturated/α-hetero) is 1. The lowest BCUT2D eigenvalue weighted by molar-refractivity contribution is 0.0184. The number of benzene rings is 1. The van der Waals surface area contributed by atoms with Gasteiger partial charge in [0, 0.05) is 6.54 Å². The standard InChI is InChI=1S/C20H26N2O5/c1-20(2,3)27-19(24)22-10-8-15(12-22)26-13-14-5-6-16(17(23)7-9-21)18(11-14)25-4/h5-6,11,15H,7-8,10,12-13H2,1-4H3. The van der Waals surface area contributed by atoms with E-state index < -0.39 is 5.60 Å². The molecule has 27 heavy (non-hydrogen) atoms. The van der Waals surface area contributed by atoms with Crippen LogP contribution in [0.15, 0.2) is 18.2 Å². The van der Waals surface area contributed by atoms with Gasteiger partial charge in [0.2, 0.25) is 0 Å². The van der Waals surface area contributed by atoms with E-state index in [1.54, 1.807) is 23.1 Å². The molecule has 1 fully saturated rings. The predicted molar refractivity (Wildman–Crippen MR) is 98.6 cm³/mol. The average Bonchev–Trinajstić information content (AvgIpc) is 3.07. The topological polar surface area (TPSA) is 88.9 Å². The first-order valence-corrected chi connectivity index (χ1v) is 8.90. The molecular weight excluding hydrogens is 348 g/mol. The highest BCUT2D eigenvalue weighted by molar-refractivity contribution is 5.99. The molecule has 1 aliphatic rings. The van der Waals surface area contributed by atoms with E-state index in [1.165, 1.54) is 7.11 Å². The van der Waals surface area contributed by atoms with Gasteiger partial charge in [0.1, 0.15) is 11.4 Å². The van der Waals surface area contributed by atoms with E-state index in [0.29, 0.717) is 31.0 Å². The summed E-state index contributed by atoms with van der Waals surface area (Å²) in [5.41, 5.74) is 0.730. The molecule has 0 radical (unpaired) electrons. The molecule has 0 aliphatic carbocycles. The van der Waals surface area contributed by atoms with E-state index >= 15 is 0 Å². The van der Waals surface area contributed by atoms with Crippen molar-refractivity contribution in [2.24, 2.45) is 0 Å². The number of ketones is 1. The van der Waals surface area contributed by atoms with Crippen molar-refractivity contribution in [1.82, 2.24) is 4.90 Å². The number of amides is 1. The molecule has 1 aliphatic heterocycles. The molecular formula is C20H26N2O5. The van der Waals surface area contributed by atoms with Gasteiger partial charge in [-0.15, -0.1) is 0 Å². The van der Waals surface area contributed by atoms with Gasteiger partial charge in [-0.2, -0.15) is 5.26 Å². The van der Waals surface area contributed by atoms with Crippen LogP contribution in [-0.4, -0.2) is 48.7 Å². The molecule has 1 aromatic carbocycles. The Morgan fingerprint density at radius 1 is 1.33 bits per heavy atom. The van der Waals surface area contributed by atoms with Gasteiger partial charge in [0.15, 0.2) is 5.78 Å². The van der Waals surface area contributed by atoms with Gasteiger partial charge in [0.05, 0.1) is 44.4 Å². The summed E-state index contributed by atoms with van der Waals surface area (Å²) in [6.45, 7) is 6.96. The van der Waals surface area contributed by atoms with Crippen molar-refractivity contribution < 1.29 is 23.8 Å². The average molecular weight is 374 g/mol. The van der Waals surface area contributed by atoms with E-state index in [4.69, 9.17) is 19.5 Å². The summed E-state index contributed by atoms with van der Waals surface area (Å²) in [7, 11) is 1.48. The summed E-state index contributed by atoms with van der Waals surface area (Å²) in [6, 6.07) is 7.03. The van der Waals surface area contributed by atoms with Gasteiger partial charge in [-0.25, -0.2) is 4.79 Å². The third kappa shape index (κ3) is 5.97. The molecule has 146 valence electrons. The zero-order valence-corrected chi connectivity index (χ0v) is 16.3. The second-order valence-corrected chi connectivity index (χ2v) is 7.44. The third-order valence-electron chi connectivity index (χ3n) is 4.09. The van der Waals surface area contributed by atoms with E-state index in [-0.39, 0.29) is 24.4 Å². The number of carbonyl (C=O) groups excluding carboxylic acids is 2. The lowest BCUT2D eigenvalue weighted by atomic mass is 10.1. The van der Waals surface area contributed by atoms with Crippen molar-refractivity contribution in [1.29, 1.82) is 5.26 Å². The molecule has 7 heteroatoms. The maximum absolute atomic E-state index is 12.1. The molecule has 7 nitrogen and oxygen atoms in total. The molecule has 0 aromatic heterocycles. The van der Waals surface area contributed by atoms with Crippen LogP contribution in [0.5, 0.6) is 5.75 Å². The third-order valence-corrected chi connectivity index (χ3v) is 4.09. The number of likely N-dealkylation sites (tertiary alicyclic amines) is 1. The van der Waals surface area contributed by atoms with E-state index in [2.05, 4.69) is 0 Å². The van der Waals surface area contributed by atoms with Gasteiger partial charge in [-0.3, -0.25) is 4.79 Å². The number of hydrogen-bond donors (Lipinski definition) is 0. The van der Waals surface area contributed by atoms with E-state index in [0.717, 1.165) is 12.0 Å². The Kier molecular flexibility index (Phi) is 6.81. The maximum Gasteiger partial charge on any atom is 0.410 e. The molecule has 0 saturated carbocycles. The smallest absolute Gasteiger partial charge is 0.410 e. The van der Waals surface area contributed by atoms with Gasteiger partial charge in [0.25, 0.3) is 0 Å². The Morgan fingerprint density at radius 2 is 2.07 bits per heavy atom. The van der Waals surface area contributed by atoms with Crippen LogP contribution in [0.2, 0.25) is 0 Å².